The molecule has 2 aromatic rings. The largest absolute Gasteiger partial charge is 0.461 e. The highest BCUT2D eigenvalue weighted by atomic mass is 19.1. The van der Waals surface area contributed by atoms with Crippen molar-refractivity contribution in [2.24, 2.45) is 5.92 Å². The van der Waals surface area contributed by atoms with Crippen molar-refractivity contribution in [1.29, 1.82) is 0 Å². The third kappa shape index (κ3) is 2.72. The number of rotatable bonds is 5. The normalized spacial score (nSPS) is 14.9. The zero-order valence-electron chi connectivity index (χ0n) is 11.2. The van der Waals surface area contributed by atoms with Crippen molar-refractivity contribution in [1.82, 2.24) is 5.32 Å². The minimum Gasteiger partial charge on any atom is -0.461 e. The first-order valence-corrected chi connectivity index (χ1v) is 6.51. The summed E-state index contributed by atoms with van der Waals surface area (Å²) in [7, 11) is 0. The summed E-state index contributed by atoms with van der Waals surface area (Å²) >= 11 is 0. The Hall–Kier alpha value is -1.35. The van der Waals surface area contributed by atoms with Crippen LogP contribution in [-0.4, -0.2) is 13.1 Å². The van der Waals surface area contributed by atoms with E-state index in [0.29, 0.717) is 11.8 Å². The molecule has 18 heavy (non-hydrogen) atoms. The Morgan fingerprint density at radius 2 is 2.06 bits per heavy atom. The molecule has 0 bridgehead atoms. The van der Waals surface area contributed by atoms with E-state index in [-0.39, 0.29) is 5.82 Å². The van der Waals surface area contributed by atoms with E-state index >= 15 is 0 Å². The van der Waals surface area contributed by atoms with Crippen LogP contribution in [0.4, 0.5) is 4.39 Å². The molecule has 1 heterocycles. The zero-order valence-corrected chi connectivity index (χ0v) is 11.2. The summed E-state index contributed by atoms with van der Waals surface area (Å²) in [4.78, 5) is 0. The lowest BCUT2D eigenvalue weighted by Crippen LogP contribution is -2.23. The van der Waals surface area contributed by atoms with Crippen molar-refractivity contribution in [2.45, 2.75) is 26.7 Å². The van der Waals surface area contributed by atoms with Crippen molar-refractivity contribution in [2.75, 3.05) is 13.1 Å². The van der Waals surface area contributed by atoms with E-state index in [0.717, 1.165) is 29.8 Å². The highest BCUT2D eigenvalue weighted by Crippen LogP contribution is 2.29. The molecule has 0 fully saturated rings. The first-order chi connectivity index (χ1) is 8.61. The third-order valence-corrected chi connectivity index (χ3v) is 3.52. The van der Waals surface area contributed by atoms with Crippen LogP contribution in [-0.2, 0) is 0 Å². The summed E-state index contributed by atoms with van der Waals surface area (Å²) in [6, 6.07) is 6.59. The Bertz CT molecular complexity index is 520. The minimum absolute atomic E-state index is 0.219. The molecular weight excluding hydrogens is 229 g/mol. The number of halogens is 1. The van der Waals surface area contributed by atoms with Gasteiger partial charge in [-0.25, -0.2) is 4.39 Å². The molecule has 2 nitrogen and oxygen atoms in total. The van der Waals surface area contributed by atoms with Crippen LogP contribution in [0.5, 0.6) is 0 Å². The fourth-order valence-electron chi connectivity index (χ4n) is 2.09. The Labute approximate surface area is 107 Å². The van der Waals surface area contributed by atoms with Crippen molar-refractivity contribution < 1.29 is 8.81 Å². The zero-order chi connectivity index (χ0) is 13.1. The maximum absolute atomic E-state index is 13.1. The van der Waals surface area contributed by atoms with Crippen molar-refractivity contribution in [3.05, 3.63) is 35.8 Å². The summed E-state index contributed by atoms with van der Waals surface area (Å²) < 4.78 is 18.9. The average Bonchev–Trinajstić information content (AvgIpc) is 2.77. The molecular formula is C15H20FNO. The van der Waals surface area contributed by atoms with Gasteiger partial charge in [0.2, 0.25) is 0 Å². The maximum Gasteiger partial charge on any atom is 0.134 e. The molecule has 2 unspecified atom stereocenters. The van der Waals surface area contributed by atoms with E-state index in [4.69, 9.17) is 4.42 Å². The fraction of sp³-hybridized carbons (Fsp3) is 0.467. The van der Waals surface area contributed by atoms with Gasteiger partial charge in [0.25, 0.3) is 0 Å². The third-order valence-electron chi connectivity index (χ3n) is 3.52. The van der Waals surface area contributed by atoms with Gasteiger partial charge in [0.15, 0.2) is 0 Å². The first kappa shape index (κ1) is 13.1. The molecule has 0 aliphatic heterocycles. The molecule has 1 aromatic heterocycles. The molecule has 3 heteroatoms. The number of furan rings is 1. The van der Waals surface area contributed by atoms with Gasteiger partial charge < -0.3 is 9.73 Å². The van der Waals surface area contributed by atoms with Crippen LogP contribution in [0.1, 0.15) is 32.4 Å². The van der Waals surface area contributed by atoms with Crippen LogP contribution in [0.15, 0.2) is 28.7 Å². The predicted molar refractivity (Wildman–Crippen MR) is 72.3 cm³/mol. The topological polar surface area (TPSA) is 25.2 Å². The second kappa shape index (κ2) is 5.53. The smallest absolute Gasteiger partial charge is 0.134 e. The van der Waals surface area contributed by atoms with Crippen LogP contribution in [0.2, 0.25) is 0 Å². The van der Waals surface area contributed by atoms with Gasteiger partial charge in [0, 0.05) is 11.3 Å². The number of benzene rings is 1. The van der Waals surface area contributed by atoms with Gasteiger partial charge in [0.1, 0.15) is 17.2 Å². The average molecular weight is 249 g/mol. The second-order valence-electron chi connectivity index (χ2n) is 4.90. The van der Waals surface area contributed by atoms with Crippen LogP contribution < -0.4 is 5.32 Å². The van der Waals surface area contributed by atoms with Crippen molar-refractivity contribution in [3.63, 3.8) is 0 Å². The van der Waals surface area contributed by atoms with Gasteiger partial charge in [-0.3, -0.25) is 0 Å². The second-order valence-corrected chi connectivity index (χ2v) is 4.90. The molecule has 0 radical (unpaired) electrons. The quantitative estimate of drug-likeness (QED) is 0.868. The molecule has 0 saturated carbocycles. The number of fused-ring (bicyclic) bond motifs is 1. The molecule has 1 aromatic carbocycles. The van der Waals surface area contributed by atoms with E-state index in [1.165, 1.54) is 12.1 Å². The Balaban J connectivity index is 2.19. The molecule has 0 amide bonds. The SMILES string of the molecule is CCNCC(C)C(C)c1cc2cc(F)ccc2o1. The molecule has 0 spiro atoms. The monoisotopic (exact) mass is 249 g/mol. The van der Waals surface area contributed by atoms with Crippen LogP contribution >= 0.6 is 0 Å². The predicted octanol–water partition coefficient (Wildman–Crippen LogP) is 3.92. The van der Waals surface area contributed by atoms with Crippen LogP contribution in [0, 0.1) is 11.7 Å². The Morgan fingerprint density at radius 1 is 1.28 bits per heavy atom. The summed E-state index contributed by atoms with van der Waals surface area (Å²) in [6.07, 6.45) is 0. The van der Waals surface area contributed by atoms with E-state index in [9.17, 15) is 4.39 Å². The highest BCUT2D eigenvalue weighted by Gasteiger charge is 2.18. The Morgan fingerprint density at radius 3 is 2.78 bits per heavy atom. The molecule has 98 valence electrons. The molecule has 2 atom stereocenters. The van der Waals surface area contributed by atoms with E-state index in [1.54, 1.807) is 6.07 Å². The molecule has 2 rings (SSSR count). The standard InChI is InChI=1S/C15H20FNO/c1-4-17-9-10(2)11(3)15-8-12-7-13(16)5-6-14(12)18-15/h5-8,10-11,17H,4,9H2,1-3H3. The van der Waals surface area contributed by atoms with Crippen molar-refractivity contribution >= 4 is 11.0 Å². The lowest BCUT2D eigenvalue weighted by Gasteiger charge is -2.17. The van der Waals surface area contributed by atoms with Gasteiger partial charge in [0.05, 0.1) is 0 Å². The highest BCUT2D eigenvalue weighted by molar-refractivity contribution is 5.78. The van der Waals surface area contributed by atoms with Gasteiger partial charge in [-0.2, -0.15) is 0 Å². The summed E-state index contributed by atoms with van der Waals surface area (Å²) in [5, 5.41) is 4.18. The van der Waals surface area contributed by atoms with E-state index in [2.05, 4.69) is 26.1 Å². The van der Waals surface area contributed by atoms with E-state index < -0.39 is 0 Å². The lowest BCUT2D eigenvalue weighted by molar-refractivity contribution is 0.394. The van der Waals surface area contributed by atoms with Gasteiger partial charge in [-0.1, -0.05) is 20.8 Å². The first-order valence-electron chi connectivity index (χ1n) is 6.51. The van der Waals surface area contributed by atoms with Gasteiger partial charge in [-0.15, -0.1) is 0 Å². The molecule has 0 aliphatic rings. The Kier molecular flexibility index (Phi) is 4.02. The summed E-state index contributed by atoms with van der Waals surface area (Å²) in [6.45, 7) is 8.38. The van der Waals surface area contributed by atoms with Crippen LogP contribution in [0.3, 0.4) is 0 Å². The number of hydrogen-bond acceptors (Lipinski definition) is 2. The van der Waals surface area contributed by atoms with Crippen molar-refractivity contribution in [3.8, 4) is 0 Å². The lowest BCUT2D eigenvalue weighted by atomic mass is 9.93. The summed E-state index contributed by atoms with van der Waals surface area (Å²) in [5.41, 5.74) is 0.758. The number of nitrogens with one attached hydrogen (secondary N) is 1. The number of hydrogen-bond donors (Lipinski definition) is 1. The van der Waals surface area contributed by atoms with Crippen LogP contribution in [0.25, 0.3) is 11.0 Å². The molecule has 1 N–H and O–H groups in total. The van der Waals surface area contributed by atoms with E-state index in [1.807, 2.05) is 6.07 Å². The molecule has 0 saturated heterocycles. The van der Waals surface area contributed by atoms with Gasteiger partial charge >= 0.3 is 0 Å². The summed E-state index contributed by atoms with van der Waals surface area (Å²) in [5.74, 6) is 1.51. The van der Waals surface area contributed by atoms with Gasteiger partial charge in [-0.05, 0) is 43.3 Å². The molecule has 0 aliphatic carbocycles. The minimum atomic E-state index is -0.219. The fourth-order valence-corrected chi connectivity index (χ4v) is 2.09. The maximum atomic E-state index is 13.1.